The van der Waals surface area contributed by atoms with Crippen molar-refractivity contribution in [2.45, 2.75) is 31.7 Å². The van der Waals surface area contributed by atoms with Crippen molar-refractivity contribution in [2.75, 3.05) is 14.2 Å². The van der Waals surface area contributed by atoms with Crippen LogP contribution in [0.2, 0.25) is 0 Å². The molecule has 2 aromatic heterocycles. The highest BCUT2D eigenvalue weighted by Crippen LogP contribution is 2.39. The Kier molecular flexibility index (Phi) is 8.00. The number of carbonyl (C=O) groups excluding carboxylic acids is 1. The number of ether oxygens (including phenoxy) is 3. The summed E-state index contributed by atoms with van der Waals surface area (Å²) in [6.45, 7) is 7.81. The highest BCUT2D eigenvalue weighted by molar-refractivity contribution is 5.99. The number of ketones is 1. The van der Waals surface area contributed by atoms with Gasteiger partial charge in [0.05, 0.1) is 37.5 Å². The van der Waals surface area contributed by atoms with E-state index < -0.39 is 22.8 Å². The fraction of sp³-hybridized carbons (Fsp3) is 0.200. The summed E-state index contributed by atoms with van der Waals surface area (Å²) in [4.78, 5) is 35.2. The first kappa shape index (κ1) is 29.5. The summed E-state index contributed by atoms with van der Waals surface area (Å²) >= 11 is 0. The molecule has 0 radical (unpaired) electrons. The third kappa shape index (κ3) is 5.60. The summed E-state index contributed by atoms with van der Waals surface area (Å²) in [7, 11) is 3.02. The largest absolute Gasteiger partial charge is 0.493 e. The zero-order valence-corrected chi connectivity index (χ0v) is 24.5. The van der Waals surface area contributed by atoms with Crippen LogP contribution >= 0.6 is 0 Å². The number of halogens is 2. The number of benzene rings is 3. The lowest BCUT2D eigenvalue weighted by Gasteiger charge is -2.28. The second-order valence-corrected chi connectivity index (χ2v) is 10.7. The third-order valence-electron chi connectivity index (χ3n) is 8.00. The summed E-state index contributed by atoms with van der Waals surface area (Å²) < 4.78 is 47.3. The minimum absolute atomic E-state index is 0.0281. The smallest absolute Gasteiger partial charge is 0.242 e. The molecule has 8 nitrogen and oxygen atoms in total. The van der Waals surface area contributed by atoms with Gasteiger partial charge in [-0.05, 0) is 66.8 Å². The van der Waals surface area contributed by atoms with Crippen molar-refractivity contribution in [3.63, 3.8) is 0 Å². The molecule has 1 aliphatic carbocycles. The average Bonchev–Trinajstić information content (AvgIpc) is 3.01. The molecule has 0 unspecified atom stereocenters. The molecule has 3 aromatic carbocycles. The van der Waals surface area contributed by atoms with Gasteiger partial charge in [-0.1, -0.05) is 24.8 Å². The standard InChI is InChI=1S/C35H27F2N3O5/c1-38-35-33(21-8-10-22(36)11-9-21)34(42)25(19-40(35)23-5-4-6-23)28(41)16-20-7-12-30(26(37)15-20)45-29-13-14-39-27-18-32(44-3)31(43-2)17-24(27)29/h7-15,17-19,23H,4-6,16H2,2-3H3. The van der Waals surface area contributed by atoms with Crippen LogP contribution in [0.4, 0.5) is 14.6 Å². The zero-order chi connectivity index (χ0) is 31.7. The number of carbonyl (C=O) groups is 1. The Bertz CT molecular complexity index is 2050. The van der Waals surface area contributed by atoms with Gasteiger partial charge in [-0.3, -0.25) is 19.1 Å². The Labute approximate surface area is 257 Å². The predicted octanol–water partition coefficient (Wildman–Crippen LogP) is 7.85. The van der Waals surface area contributed by atoms with Crippen molar-refractivity contribution in [1.82, 2.24) is 9.55 Å². The van der Waals surface area contributed by atoms with Crippen LogP contribution in [0, 0.1) is 18.2 Å². The van der Waals surface area contributed by atoms with E-state index in [4.69, 9.17) is 20.8 Å². The highest BCUT2D eigenvalue weighted by Gasteiger charge is 2.29. The molecule has 0 saturated heterocycles. The van der Waals surface area contributed by atoms with Gasteiger partial charge in [0.1, 0.15) is 17.1 Å². The first-order valence-corrected chi connectivity index (χ1v) is 14.2. The van der Waals surface area contributed by atoms with Crippen molar-refractivity contribution < 1.29 is 27.8 Å². The van der Waals surface area contributed by atoms with Gasteiger partial charge >= 0.3 is 0 Å². The Morgan fingerprint density at radius 3 is 2.36 bits per heavy atom. The molecule has 0 N–H and O–H groups in total. The minimum Gasteiger partial charge on any atom is -0.493 e. The minimum atomic E-state index is -0.701. The normalized spacial score (nSPS) is 12.8. The lowest BCUT2D eigenvalue weighted by molar-refractivity contribution is 0.0990. The molecule has 45 heavy (non-hydrogen) atoms. The van der Waals surface area contributed by atoms with Gasteiger partial charge in [0.25, 0.3) is 0 Å². The third-order valence-corrected chi connectivity index (χ3v) is 8.00. The first-order valence-electron chi connectivity index (χ1n) is 14.2. The average molecular weight is 608 g/mol. The quantitative estimate of drug-likeness (QED) is 0.125. The molecule has 0 aliphatic heterocycles. The Morgan fingerprint density at radius 2 is 1.71 bits per heavy atom. The first-order chi connectivity index (χ1) is 21.8. The number of pyridine rings is 2. The van der Waals surface area contributed by atoms with Gasteiger partial charge < -0.3 is 19.1 Å². The number of rotatable bonds is 9. The fourth-order valence-electron chi connectivity index (χ4n) is 5.43. The Balaban J connectivity index is 1.31. The molecule has 0 spiro atoms. The summed E-state index contributed by atoms with van der Waals surface area (Å²) in [5.41, 5.74) is 0.568. The van der Waals surface area contributed by atoms with Gasteiger partial charge in [0, 0.05) is 24.1 Å². The molecular formula is C35H27F2N3O5. The molecule has 1 aliphatic rings. The SMILES string of the molecule is [C-]#[N+]c1c(-c2ccc(F)cc2)c(=O)c(C(=O)Cc2ccc(Oc3ccnc4cc(OC)c(OC)cc34)c(F)c2)cn1C1CCC1. The zero-order valence-electron chi connectivity index (χ0n) is 24.5. The number of fused-ring (bicyclic) bond motifs is 1. The van der Waals surface area contributed by atoms with Crippen LogP contribution in [0.15, 0.2) is 77.9 Å². The van der Waals surface area contributed by atoms with Crippen LogP contribution in [0.5, 0.6) is 23.0 Å². The monoisotopic (exact) mass is 607 g/mol. The van der Waals surface area contributed by atoms with Gasteiger partial charge in [-0.25, -0.2) is 8.78 Å². The van der Waals surface area contributed by atoms with Gasteiger partial charge in [-0.2, -0.15) is 0 Å². The summed E-state index contributed by atoms with van der Waals surface area (Å²) in [6.07, 6.45) is 5.30. The lowest BCUT2D eigenvalue weighted by atomic mass is 9.91. The van der Waals surface area contributed by atoms with E-state index in [1.165, 1.54) is 63.0 Å². The molecular weight excluding hydrogens is 580 g/mol. The van der Waals surface area contributed by atoms with E-state index in [0.29, 0.717) is 39.3 Å². The molecule has 5 aromatic rings. The van der Waals surface area contributed by atoms with Gasteiger partial charge in [0.15, 0.2) is 34.3 Å². The van der Waals surface area contributed by atoms with Crippen LogP contribution in [-0.4, -0.2) is 29.6 Å². The molecule has 10 heteroatoms. The second kappa shape index (κ2) is 12.2. The number of methoxy groups -OCH3 is 2. The molecule has 226 valence electrons. The van der Waals surface area contributed by atoms with Gasteiger partial charge in [-0.15, -0.1) is 0 Å². The maximum Gasteiger partial charge on any atom is 0.242 e. The summed E-state index contributed by atoms with van der Waals surface area (Å²) in [6, 6.07) is 14.4. The van der Waals surface area contributed by atoms with E-state index in [1.54, 1.807) is 28.8 Å². The molecule has 6 rings (SSSR count). The second-order valence-electron chi connectivity index (χ2n) is 10.7. The molecule has 0 bridgehead atoms. The summed E-state index contributed by atoms with van der Waals surface area (Å²) in [5.74, 6) is -0.380. The van der Waals surface area contributed by atoms with E-state index >= 15 is 4.39 Å². The van der Waals surface area contributed by atoms with Crippen molar-refractivity contribution in [3.8, 4) is 34.1 Å². The maximum atomic E-state index is 15.3. The van der Waals surface area contributed by atoms with Crippen LogP contribution in [0.3, 0.4) is 0 Å². The molecule has 1 fully saturated rings. The van der Waals surface area contributed by atoms with Crippen molar-refractivity contribution in [3.05, 3.63) is 117 Å². The fourth-order valence-corrected chi connectivity index (χ4v) is 5.43. The molecule has 2 heterocycles. The number of hydrogen-bond donors (Lipinski definition) is 0. The number of hydrogen-bond acceptors (Lipinski definition) is 6. The Hall–Kier alpha value is -5.56. The van der Waals surface area contributed by atoms with Crippen molar-refractivity contribution in [1.29, 1.82) is 0 Å². The summed E-state index contributed by atoms with van der Waals surface area (Å²) in [5, 5.41) is 0.580. The van der Waals surface area contributed by atoms with Crippen LogP contribution in [0.1, 0.15) is 41.2 Å². The van der Waals surface area contributed by atoms with E-state index in [1.807, 2.05) is 0 Å². The van der Waals surface area contributed by atoms with E-state index in [9.17, 15) is 14.0 Å². The number of nitrogens with zero attached hydrogens (tertiary/aromatic N) is 3. The number of Topliss-reactive ketones (excluding diaryl/α,β-unsaturated/α-hetero) is 1. The van der Waals surface area contributed by atoms with Crippen LogP contribution < -0.4 is 19.6 Å². The molecule has 1 saturated carbocycles. The molecule has 0 atom stereocenters. The van der Waals surface area contributed by atoms with Crippen LogP contribution in [-0.2, 0) is 6.42 Å². The molecule has 0 amide bonds. The van der Waals surface area contributed by atoms with E-state index in [0.717, 1.165) is 19.3 Å². The predicted molar refractivity (Wildman–Crippen MR) is 165 cm³/mol. The van der Waals surface area contributed by atoms with E-state index in [2.05, 4.69) is 9.83 Å². The van der Waals surface area contributed by atoms with Crippen LogP contribution in [0.25, 0.3) is 26.9 Å². The van der Waals surface area contributed by atoms with Gasteiger partial charge in [0.2, 0.25) is 5.82 Å². The lowest BCUT2D eigenvalue weighted by Crippen LogP contribution is -2.25. The maximum absolute atomic E-state index is 15.3. The topological polar surface area (TPSA) is 84.0 Å². The highest BCUT2D eigenvalue weighted by atomic mass is 19.1. The van der Waals surface area contributed by atoms with Crippen molar-refractivity contribution >= 4 is 22.5 Å². The Morgan fingerprint density at radius 1 is 0.978 bits per heavy atom. The number of aromatic nitrogens is 2. The van der Waals surface area contributed by atoms with Crippen molar-refractivity contribution in [2.24, 2.45) is 0 Å². The van der Waals surface area contributed by atoms with E-state index in [-0.39, 0.29) is 35.2 Å².